The van der Waals surface area contributed by atoms with Crippen LogP contribution in [0, 0.1) is 5.92 Å². The van der Waals surface area contributed by atoms with Crippen molar-refractivity contribution in [2.45, 2.75) is 39.5 Å². The Labute approximate surface area is 105 Å². The van der Waals surface area contributed by atoms with Gasteiger partial charge in [0.25, 0.3) is 0 Å². The Kier molecular flexibility index (Phi) is 6.53. The van der Waals surface area contributed by atoms with E-state index in [9.17, 15) is 0 Å². The number of benzene rings is 1. The molecule has 96 valence electrons. The zero-order valence-corrected chi connectivity index (χ0v) is 11.2. The lowest BCUT2D eigenvalue weighted by molar-refractivity contribution is 0.233. The summed E-state index contributed by atoms with van der Waals surface area (Å²) in [6.45, 7) is 5.29. The van der Waals surface area contributed by atoms with Gasteiger partial charge in [-0.05, 0) is 36.6 Å². The minimum Gasteiger partial charge on any atom is -0.497 e. The van der Waals surface area contributed by atoms with Crippen molar-refractivity contribution >= 4 is 0 Å². The Morgan fingerprint density at radius 1 is 1.06 bits per heavy atom. The lowest BCUT2D eigenvalue weighted by Crippen LogP contribution is -2.11. The van der Waals surface area contributed by atoms with Crippen LogP contribution in [-0.4, -0.2) is 13.7 Å². The molecule has 1 rings (SSSR count). The topological polar surface area (TPSA) is 18.5 Å². The highest BCUT2D eigenvalue weighted by Gasteiger charge is 2.06. The fourth-order valence-corrected chi connectivity index (χ4v) is 1.78. The average Bonchev–Trinajstić information content (AvgIpc) is 2.39. The zero-order chi connectivity index (χ0) is 12.5. The highest BCUT2D eigenvalue weighted by atomic mass is 16.5. The van der Waals surface area contributed by atoms with Crippen molar-refractivity contribution in [1.29, 1.82) is 0 Å². The largest absolute Gasteiger partial charge is 0.497 e. The van der Waals surface area contributed by atoms with Gasteiger partial charge in [0.2, 0.25) is 0 Å². The maximum atomic E-state index is 5.80. The molecule has 0 aliphatic heterocycles. The quantitative estimate of drug-likeness (QED) is 0.670. The molecule has 0 radical (unpaired) electrons. The molecule has 0 spiro atoms. The Balaban J connectivity index is 2.36. The molecule has 0 fully saturated rings. The molecule has 17 heavy (non-hydrogen) atoms. The predicted molar refractivity (Wildman–Crippen MR) is 71.8 cm³/mol. The molecule has 0 amide bonds. The summed E-state index contributed by atoms with van der Waals surface area (Å²) in [5, 5.41) is 0. The Hall–Kier alpha value is -1.18. The van der Waals surface area contributed by atoms with Crippen molar-refractivity contribution in [3.05, 3.63) is 24.3 Å². The molecule has 0 N–H and O–H groups in total. The number of unbranched alkanes of at least 4 members (excludes halogenated alkanes) is 1. The monoisotopic (exact) mass is 236 g/mol. The second-order valence-corrected chi connectivity index (χ2v) is 4.40. The van der Waals surface area contributed by atoms with Gasteiger partial charge in [0.1, 0.15) is 11.5 Å². The van der Waals surface area contributed by atoms with E-state index in [-0.39, 0.29) is 0 Å². The lowest BCUT2D eigenvalue weighted by atomic mass is 10.0. The SMILES string of the molecule is CCCC[C@H](CC)COc1ccc(OC)cc1. The van der Waals surface area contributed by atoms with Crippen LogP contribution in [0.5, 0.6) is 11.5 Å². The van der Waals surface area contributed by atoms with Gasteiger partial charge in [-0.2, -0.15) is 0 Å². The van der Waals surface area contributed by atoms with Crippen LogP contribution in [0.15, 0.2) is 24.3 Å². The van der Waals surface area contributed by atoms with Crippen LogP contribution in [0.4, 0.5) is 0 Å². The van der Waals surface area contributed by atoms with Gasteiger partial charge in [0.15, 0.2) is 0 Å². The third-order valence-corrected chi connectivity index (χ3v) is 3.09. The fraction of sp³-hybridized carbons (Fsp3) is 0.600. The van der Waals surface area contributed by atoms with Crippen LogP contribution in [0.3, 0.4) is 0 Å². The van der Waals surface area contributed by atoms with Crippen LogP contribution < -0.4 is 9.47 Å². The van der Waals surface area contributed by atoms with E-state index in [1.807, 2.05) is 24.3 Å². The summed E-state index contributed by atoms with van der Waals surface area (Å²) in [6, 6.07) is 7.79. The molecule has 2 heteroatoms. The number of hydrogen-bond donors (Lipinski definition) is 0. The van der Waals surface area contributed by atoms with Crippen molar-refractivity contribution in [2.75, 3.05) is 13.7 Å². The highest BCUT2D eigenvalue weighted by Crippen LogP contribution is 2.19. The minimum absolute atomic E-state index is 0.678. The van der Waals surface area contributed by atoms with Gasteiger partial charge in [-0.15, -0.1) is 0 Å². The van der Waals surface area contributed by atoms with E-state index in [2.05, 4.69) is 13.8 Å². The Bertz CT molecular complexity index is 292. The molecule has 0 aliphatic rings. The van der Waals surface area contributed by atoms with E-state index in [0.29, 0.717) is 5.92 Å². The van der Waals surface area contributed by atoms with Crippen molar-refractivity contribution in [1.82, 2.24) is 0 Å². The molecule has 1 aromatic rings. The molecular formula is C15H24O2. The summed E-state index contributed by atoms with van der Waals surface area (Å²) in [6.07, 6.45) is 5.02. The lowest BCUT2D eigenvalue weighted by Gasteiger charge is -2.15. The van der Waals surface area contributed by atoms with Gasteiger partial charge in [-0.25, -0.2) is 0 Å². The molecule has 0 bridgehead atoms. The van der Waals surface area contributed by atoms with Crippen molar-refractivity contribution < 1.29 is 9.47 Å². The van der Waals surface area contributed by atoms with E-state index >= 15 is 0 Å². The standard InChI is InChI=1S/C15H24O2/c1-4-6-7-13(5-2)12-17-15-10-8-14(16-3)9-11-15/h8-11,13H,4-7,12H2,1-3H3/t13-/m0/s1. The summed E-state index contributed by atoms with van der Waals surface area (Å²) in [5.41, 5.74) is 0. The summed E-state index contributed by atoms with van der Waals surface area (Å²) >= 11 is 0. The van der Waals surface area contributed by atoms with Crippen molar-refractivity contribution in [3.8, 4) is 11.5 Å². The average molecular weight is 236 g/mol. The van der Waals surface area contributed by atoms with Crippen molar-refractivity contribution in [3.63, 3.8) is 0 Å². The molecular weight excluding hydrogens is 212 g/mol. The smallest absolute Gasteiger partial charge is 0.119 e. The summed E-state index contributed by atoms with van der Waals surface area (Å²) < 4.78 is 10.9. The molecule has 0 saturated carbocycles. The first kappa shape index (κ1) is 13.9. The van der Waals surface area contributed by atoms with Gasteiger partial charge in [0, 0.05) is 0 Å². The summed E-state index contributed by atoms with van der Waals surface area (Å²) in [7, 11) is 1.67. The molecule has 0 aromatic heterocycles. The number of ether oxygens (including phenoxy) is 2. The van der Waals surface area contributed by atoms with Crippen LogP contribution in [0.25, 0.3) is 0 Å². The van der Waals surface area contributed by atoms with Gasteiger partial charge < -0.3 is 9.47 Å². The van der Waals surface area contributed by atoms with E-state index in [0.717, 1.165) is 18.1 Å². The maximum Gasteiger partial charge on any atom is 0.119 e. The first-order valence-corrected chi connectivity index (χ1v) is 6.57. The second kappa shape index (κ2) is 7.99. The van der Waals surface area contributed by atoms with Crippen molar-refractivity contribution in [2.24, 2.45) is 5.92 Å². The molecule has 1 atom stereocenters. The van der Waals surface area contributed by atoms with Gasteiger partial charge in [-0.1, -0.05) is 33.1 Å². The van der Waals surface area contributed by atoms with E-state index < -0.39 is 0 Å². The zero-order valence-electron chi connectivity index (χ0n) is 11.2. The van der Waals surface area contributed by atoms with E-state index in [1.54, 1.807) is 7.11 Å². The van der Waals surface area contributed by atoms with Gasteiger partial charge >= 0.3 is 0 Å². The predicted octanol–water partition coefficient (Wildman–Crippen LogP) is 4.29. The Morgan fingerprint density at radius 2 is 1.71 bits per heavy atom. The third kappa shape index (κ3) is 5.12. The summed E-state index contributed by atoms with van der Waals surface area (Å²) in [5.74, 6) is 2.48. The molecule has 0 saturated heterocycles. The van der Waals surface area contributed by atoms with Crippen LogP contribution in [0.1, 0.15) is 39.5 Å². The number of hydrogen-bond acceptors (Lipinski definition) is 2. The normalized spacial score (nSPS) is 12.2. The molecule has 2 nitrogen and oxygen atoms in total. The maximum absolute atomic E-state index is 5.80. The molecule has 1 aromatic carbocycles. The van der Waals surface area contributed by atoms with Gasteiger partial charge in [-0.3, -0.25) is 0 Å². The second-order valence-electron chi connectivity index (χ2n) is 4.40. The number of rotatable bonds is 8. The van der Waals surface area contributed by atoms with Crippen LogP contribution in [0.2, 0.25) is 0 Å². The first-order chi connectivity index (χ1) is 8.30. The third-order valence-electron chi connectivity index (χ3n) is 3.09. The molecule has 0 unspecified atom stereocenters. The molecule has 0 heterocycles. The number of methoxy groups -OCH3 is 1. The Morgan fingerprint density at radius 3 is 2.24 bits per heavy atom. The minimum atomic E-state index is 0.678. The summed E-state index contributed by atoms with van der Waals surface area (Å²) in [4.78, 5) is 0. The van der Waals surface area contributed by atoms with Gasteiger partial charge in [0.05, 0.1) is 13.7 Å². The fourth-order valence-electron chi connectivity index (χ4n) is 1.78. The highest BCUT2D eigenvalue weighted by molar-refractivity contribution is 5.31. The van der Waals surface area contributed by atoms with E-state index in [1.165, 1.54) is 25.7 Å². The van der Waals surface area contributed by atoms with Crippen LogP contribution in [-0.2, 0) is 0 Å². The van der Waals surface area contributed by atoms with Crippen LogP contribution >= 0.6 is 0 Å². The first-order valence-electron chi connectivity index (χ1n) is 6.57. The van der Waals surface area contributed by atoms with E-state index in [4.69, 9.17) is 9.47 Å². The molecule has 0 aliphatic carbocycles.